The van der Waals surface area contributed by atoms with E-state index in [1.165, 1.54) is 16.7 Å². The summed E-state index contributed by atoms with van der Waals surface area (Å²) in [4.78, 5) is 0. The van der Waals surface area contributed by atoms with E-state index >= 15 is 0 Å². The zero-order valence-electron chi connectivity index (χ0n) is 10.1. The molecule has 0 saturated heterocycles. The van der Waals surface area contributed by atoms with E-state index in [1.807, 2.05) is 6.07 Å². The van der Waals surface area contributed by atoms with Crippen molar-refractivity contribution < 1.29 is 0 Å². The summed E-state index contributed by atoms with van der Waals surface area (Å²) in [5, 5.41) is 3.15. The van der Waals surface area contributed by atoms with Gasteiger partial charge in [0.2, 0.25) is 0 Å². The fourth-order valence-electron chi connectivity index (χ4n) is 2.33. The van der Waals surface area contributed by atoms with Crippen LogP contribution in [-0.2, 0) is 0 Å². The number of hydrogen-bond donors (Lipinski definition) is 2. The zero-order valence-corrected chi connectivity index (χ0v) is 10.1. The normalized spacial score (nSPS) is 18.2. The van der Waals surface area contributed by atoms with Gasteiger partial charge in [-0.2, -0.15) is 0 Å². The molecule has 0 saturated carbocycles. The van der Waals surface area contributed by atoms with Crippen LogP contribution in [0.25, 0.3) is 11.1 Å². The number of hydrogen-bond acceptors (Lipinski definition) is 2. The number of rotatable bonds is 2. The molecule has 1 aliphatic heterocycles. The third kappa shape index (κ3) is 2.09. The van der Waals surface area contributed by atoms with E-state index in [2.05, 4.69) is 59.9 Å². The molecule has 2 nitrogen and oxygen atoms in total. The van der Waals surface area contributed by atoms with Crippen LogP contribution in [0.15, 0.2) is 66.5 Å². The molecule has 3 N–H and O–H groups in total. The summed E-state index contributed by atoms with van der Waals surface area (Å²) in [7, 11) is 0. The first-order valence-corrected chi connectivity index (χ1v) is 6.19. The Morgan fingerprint density at radius 2 is 1.56 bits per heavy atom. The minimum Gasteiger partial charge on any atom is -0.386 e. The molecule has 18 heavy (non-hydrogen) atoms. The molecule has 0 bridgehead atoms. The van der Waals surface area contributed by atoms with Crippen molar-refractivity contribution in [2.75, 3.05) is 6.54 Å². The van der Waals surface area contributed by atoms with Crippen molar-refractivity contribution in [1.82, 2.24) is 5.32 Å². The molecule has 2 aromatic carbocycles. The topological polar surface area (TPSA) is 38.0 Å². The molecule has 3 rings (SSSR count). The van der Waals surface area contributed by atoms with E-state index in [4.69, 9.17) is 5.73 Å². The highest BCUT2D eigenvalue weighted by molar-refractivity contribution is 5.63. The smallest absolute Gasteiger partial charge is 0.0926 e. The SMILES string of the molecule is NC1=CC(c2ccc(-c3ccccc3)cc2)CN1. The molecule has 90 valence electrons. The van der Waals surface area contributed by atoms with Crippen molar-refractivity contribution in [2.45, 2.75) is 5.92 Å². The molecular formula is C16H16N2. The fourth-order valence-corrected chi connectivity index (χ4v) is 2.33. The average molecular weight is 236 g/mol. The van der Waals surface area contributed by atoms with Gasteiger partial charge in [0, 0.05) is 12.5 Å². The standard InChI is InChI=1S/C16H16N2/c17-16-10-15(11-18-16)14-8-6-13(7-9-14)12-4-2-1-3-5-12/h1-10,15,18H,11,17H2. The van der Waals surface area contributed by atoms with Crippen LogP contribution in [0.2, 0.25) is 0 Å². The number of benzene rings is 2. The maximum Gasteiger partial charge on any atom is 0.0926 e. The highest BCUT2D eigenvalue weighted by atomic mass is 15.0. The van der Waals surface area contributed by atoms with Gasteiger partial charge in [0.15, 0.2) is 0 Å². The van der Waals surface area contributed by atoms with Crippen molar-refractivity contribution in [3.63, 3.8) is 0 Å². The van der Waals surface area contributed by atoms with Crippen molar-refractivity contribution >= 4 is 0 Å². The molecule has 1 aliphatic rings. The summed E-state index contributed by atoms with van der Waals surface area (Å²) in [6.07, 6.45) is 2.08. The van der Waals surface area contributed by atoms with Crippen LogP contribution in [-0.4, -0.2) is 6.54 Å². The van der Waals surface area contributed by atoms with Gasteiger partial charge in [0.05, 0.1) is 5.82 Å². The highest BCUT2D eigenvalue weighted by Crippen LogP contribution is 2.25. The van der Waals surface area contributed by atoms with Crippen LogP contribution in [0.4, 0.5) is 0 Å². The molecule has 1 heterocycles. The van der Waals surface area contributed by atoms with Crippen LogP contribution < -0.4 is 11.1 Å². The Hall–Kier alpha value is -2.22. The molecule has 2 heteroatoms. The van der Waals surface area contributed by atoms with Crippen molar-refractivity contribution in [3.8, 4) is 11.1 Å². The van der Waals surface area contributed by atoms with Crippen LogP contribution >= 0.6 is 0 Å². The Kier molecular flexibility index (Phi) is 2.77. The first-order valence-electron chi connectivity index (χ1n) is 6.19. The molecular weight excluding hydrogens is 220 g/mol. The summed E-state index contributed by atoms with van der Waals surface area (Å²) in [5.41, 5.74) is 9.55. The molecule has 0 spiro atoms. The molecule has 0 radical (unpaired) electrons. The second kappa shape index (κ2) is 4.57. The van der Waals surface area contributed by atoms with E-state index in [-0.39, 0.29) is 0 Å². The van der Waals surface area contributed by atoms with E-state index in [0.717, 1.165) is 12.4 Å². The summed E-state index contributed by atoms with van der Waals surface area (Å²) in [6.45, 7) is 0.899. The zero-order chi connectivity index (χ0) is 12.4. The number of nitrogens with two attached hydrogens (primary N) is 1. The molecule has 1 atom stereocenters. The van der Waals surface area contributed by atoms with Gasteiger partial charge in [-0.05, 0) is 22.8 Å². The lowest BCUT2D eigenvalue weighted by molar-refractivity contribution is 0.791. The van der Waals surface area contributed by atoms with Crippen molar-refractivity contribution in [2.24, 2.45) is 5.73 Å². The van der Waals surface area contributed by atoms with Gasteiger partial charge in [0.1, 0.15) is 0 Å². The molecule has 1 unspecified atom stereocenters. The average Bonchev–Trinajstić information content (AvgIpc) is 2.87. The maximum atomic E-state index is 5.73. The molecule has 0 amide bonds. The molecule has 0 aromatic heterocycles. The first kappa shape index (κ1) is 10.9. The highest BCUT2D eigenvalue weighted by Gasteiger charge is 2.14. The third-order valence-electron chi connectivity index (χ3n) is 3.35. The monoisotopic (exact) mass is 236 g/mol. The predicted molar refractivity (Wildman–Crippen MR) is 74.9 cm³/mol. The Bertz CT molecular complexity index is 555. The van der Waals surface area contributed by atoms with E-state index < -0.39 is 0 Å². The van der Waals surface area contributed by atoms with Gasteiger partial charge in [-0.15, -0.1) is 0 Å². The van der Waals surface area contributed by atoms with Gasteiger partial charge in [-0.1, -0.05) is 54.6 Å². The Labute approximate surface area is 107 Å². The Morgan fingerprint density at radius 1 is 0.889 bits per heavy atom. The summed E-state index contributed by atoms with van der Waals surface area (Å²) < 4.78 is 0. The lowest BCUT2D eigenvalue weighted by Gasteiger charge is -2.08. The summed E-state index contributed by atoms with van der Waals surface area (Å²) in [6, 6.07) is 19.1. The van der Waals surface area contributed by atoms with Crippen molar-refractivity contribution in [3.05, 3.63) is 72.1 Å². The Morgan fingerprint density at radius 3 is 2.17 bits per heavy atom. The lowest BCUT2D eigenvalue weighted by atomic mass is 9.97. The predicted octanol–water partition coefficient (Wildman–Crippen LogP) is 2.84. The van der Waals surface area contributed by atoms with Crippen molar-refractivity contribution in [1.29, 1.82) is 0 Å². The van der Waals surface area contributed by atoms with E-state index in [1.54, 1.807) is 0 Å². The largest absolute Gasteiger partial charge is 0.386 e. The van der Waals surface area contributed by atoms with E-state index in [0.29, 0.717) is 5.92 Å². The minimum atomic E-state index is 0.398. The van der Waals surface area contributed by atoms with Gasteiger partial charge in [-0.25, -0.2) is 0 Å². The quantitative estimate of drug-likeness (QED) is 0.841. The fraction of sp³-hybridized carbons (Fsp3) is 0.125. The molecule has 0 fully saturated rings. The van der Waals surface area contributed by atoms with Crippen LogP contribution in [0.3, 0.4) is 0 Å². The van der Waals surface area contributed by atoms with E-state index in [9.17, 15) is 0 Å². The number of nitrogens with one attached hydrogen (secondary N) is 1. The first-order chi connectivity index (χ1) is 8.83. The van der Waals surface area contributed by atoms with Gasteiger partial charge in [0.25, 0.3) is 0 Å². The summed E-state index contributed by atoms with van der Waals surface area (Å²) >= 11 is 0. The van der Waals surface area contributed by atoms with Crippen LogP contribution in [0.1, 0.15) is 11.5 Å². The maximum absolute atomic E-state index is 5.73. The lowest BCUT2D eigenvalue weighted by Crippen LogP contribution is -2.15. The second-order valence-corrected chi connectivity index (χ2v) is 4.60. The van der Waals surface area contributed by atoms with Crippen LogP contribution in [0.5, 0.6) is 0 Å². The van der Waals surface area contributed by atoms with Gasteiger partial charge >= 0.3 is 0 Å². The minimum absolute atomic E-state index is 0.398. The third-order valence-corrected chi connectivity index (χ3v) is 3.35. The second-order valence-electron chi connectivity index (χ2n) is 4.60. The molecule has 0 aliphatic carbocycles. The van der Waals surface area contributed by atoms with Gasteiger partial charge < -0.3 is 11.1 Å². The van der Waals surface area contributed by atoms with Crippen LogP contribution in [0, 0.1) is 0 Å². The summed E-state index contributed by atoms with van der Waals surface area (Å²) in [5.74, 6) is 1.18. The molecule has 2 aromatic rings. The van der Waals surface area contributed by atoms with Gasteiger partial charge in [-0.3, -0.25) is 0 Å². The Balaban J connectivity index is 1.86.